The van der Waals surface area contributed by atoms with Crippen LogP contribution in [0.5, 0.6) is 23.0 Å². The fourth-order valence-electron chi connectivity index (χ4n) is 10.3. The van der Waals surface area contributed by atoms with Gasteiger partial charge in [-0.05, 0) is 155 Å². The van der Waals surface area contributed by atoms with Crippen molar-refractivity contribution in [2.24, 2.45) is 34.5 Å². The second-order valence-electron chi connectivity index (χ2n) is 14.6. The lowest BCUT2D eigenvalue weighted by molar-refractivity contribution is -0.130. The predicted octanol–water partition coefficient (Wildman–Crippen LogP) is 9.94. The van der Waals surface area contributed by atoms with Gasteiger partial charge in [0.05, 0.1) is 0 Å². The quantitative estimate of drug-likeness (QED) is 0.253. The number of ketones is 2. The second-order valence-corrected chi connectivity index (χ2v) is 22.6. The third-order valence-electron chi connectivity index (χ3n) is 12.5. The molecule has 2 heterocycles. The molecule has 10 heteroatoms. The first-order valence-electron chi connectivity index (χ1n) is 17.6. The fourth-order valence-corrected chi connectivity index (χ4v) is 14.9. The van der Waals surface area contributed by atoms with E-state index in [9.17, 15) is 9.59 Å². The topological polar surface area (TPSA) is 71.1 Å². The molecule has 0 N–H and O–H groups in total. The Hall–Kier alpha value is -1.82. The van der Waals surface area contributed by atoms with E-state index in [-0.39, 0.29) is 16.7 Å². The van der Waals surface area contributed by atoms with Crippen molar-refractivity contribution in [1.29, 1.82) is 0 Å². The number of Topliss-reactive ketones (excluding diaryl/α,β-unsaturated/α-hetero) is 1. The van der Waals surface area contributed by atoms with Crippen LogP contribution in [0.3, 0.4) is 0 Å². The van der Waals surface area contributed by atoms with Gasteiger partial charge in [-0.1, -0.05) is 40.5 Å². The molecule has 0 saturated heterocycles. The molecule has 256 valence electrons. The molecule has 0 aromatic heterocycles. The Balaban J connectivity index is 0.000000218. The lowest BCUT2D eigenvalue weighted by Gasteiger charge is -2.59. The molecular weight excluding hydrogens is 676 g/mol. The van der Waals surface area contributed by atoms with Gasteiger partial charge >= 0.3 is 0 Å². The molecule has 2 aromatic rings. The van der Waals surface area contributed by atoms with E-state index in [2.05, 4.69) is 39.8 Å². The van der Waals surface area contributed by atoms with Gasteiger partial charge < -0.3 is 18.9 Å². The Morgan fingerprint density at radius 2 is 1.69 bits per heavy atom. The average molecular weight is 725 g/mol. The van der Waals surface area contributed by atoms with Crippen LogP contribution in [0.25, 0.3) is 0 Å². The molecule has 3 fully saturated rings. The highest BCUT2D eigenvalue weighted by Gasteiger charge is 2.61. The second kappa shape index (κ2) is 14.8. The Morgan fingerprint density at radius 3 is 2.46 bits per heavy atom. The summed E-state index contributed by atoms with van der Waals surface area (Å²) < 4.78 is 21.6. The summed E-state index contributed by atoms with van der Waals surface area (Å²) in [7, 11) is 6.11. The number of benzene rings is 2. The van der Waals surface area contributed by atoms with E-state index in [0.29, 0.717) is 49.3 Å². The van der Waals surface area contributed by atoms with E-state index in [1.54, 1.807) is 0 Å². The first-order chi connectivity index (χ1) is 23.3. The molecule has 8 rings (SSSR count). The van der Waals surface area contributed by atoms with Gasteiger partial charge in [-0.3, -0.25) is 9.59 Å². The average Bonchev–Trinajstić information content (AvgIpc) is 3.84. The van der Waals surface area contributed by atoms with Crippen molar-refractivity contribution in [3.8, 4) is 23.0 Å². The van der Waals surface area contributed by atoms with E-state index in [1.807, 2.05) is 31.2 Å². The van der Waals surface area contributed by atoms with Crippen molar-refractivity contribution in [3.05, 3.63) is 59.2 Å². The van der Waals surface area contributed by atoms with Gasteiger partial charge in [-0.15, -0.1) is 8.93 Å². The van der Waals surface area contributed by atoms with Crippen molar-refractivity contribution in [2.75, 3.05) is 13.6 Å². The Kier molecular flexibility index (Phi) is 10.7. The number of carbonyl (C=O) groups is 2. The van der Waals surface area contributed by atoms with Crippen molar-refractivity contribution in [2.45, 2.75) is 84.5 Å². The molecule has 3 unspecified atom stereocenters. The van der Waals surface area contributed by atoms with Crippen molar-refractivity contribution >= 4 is 50.1 Å². The van der Waals surface area contributed by atoms with Crippen LogP contribution in [0.4, 0.5) is 0 Å². The van der Waals surface area contributed by atoms with E-state index in [4.69, 9.17) is 18.9 Å². The molecule has 2 aliphatic heterocycles. The van der Waals surface area contributed by atoms with Crippen LogP contribution >= 0.6 is 32.7 Å². The molecule has 48 heavy (non-hydrogen) atoms. The maximum absolute atomic E-state index is 12.9. The van der Waals surface area contributed by atoms with Crippen LogP contribution in [0, 0.1) is 34.5 Å². The minimum atomic E-state index is 0.172. The van der Waals surface area contributed by atoms with E-state index < -0.39 is 0 Å². The zero-order valence-electron chi connectivity index (χ0n) is 28.1. The van der Waals surface area contributed by atoms with Gasteiger partial charge in [0, 0.05) is 12.3 Å². The monoisotopic (exact) mass is 724 g/mol. The van der Waals surface area contributed by atoms with Crippen molar-refractivity contribution < 1.29 is 28.5 Å². The summed E-state index contributed by atoms with van der Waals surface area (Å²) >= 11 is 0. The third kappa shape index (κ3) is 6.79. The number of ether oxygens (including phenoxy) is 4. The summed E-state index contributed by atoms with van der Waals surface area (Å²) in [5, 5.41) is 0. The van der Waals surface area contributed by atoms with Gasteiger partial charge in [0.1, 0.15) is 5.78 Å². The van der Waals surface area contributed by atoms with Gasteiger partial charge in [-0.25, -0.2) is 0 Å². The van der Waals surface area contributed by atoms with Crippen LogP contribution in [-0.2, 0) is 16.0 Å². The third-order valence-corrected chi connectivity index (χ3v) is 20.1. The largest absolute Gasteiger partial charge is 0.454 e. The maximum Gasteiger partial charge on any atom is 0.231 e. The minimum Gasteiger partial charge on any atom is -0.454 e. The maximum atomic E-state index is 12.9. The highest BCUT2D eigenvalue weighted by atomic mass is 32.6. The van der Waals surface area contributed by atoms with Crippen LogP contribution in [-0.4, -0.2) is 30.9 Å². The van der Waals surface area contributed by atoms with Crippen LogP contribution < -0.4 is 18.9 Å². The van der Waals surface area contributed by atoms with Crippen molar-refractivity contribution in [3.63, 3.8) is 0 Å². The summed E-state index contributed by atoms with van der Waals surface area (Å²) in [6.07, 6.45) is 14.0. The Morgan fingerprint density at radius 1 is 0.938 bits per heavy atom. The summed E-state index contributed by atoms with van der Waals surface area (Å²) in [5.74, 6) is 8.67. The fraction of sp³-hybridized carbons (Fsp3) is 0.553. The molecule has 0 radical (unpaired) electrons. The molecule has 0 amide bonds. The van der Waals surface area contributed by atoms with Crippen LogP contribution in [0.15, 0.2) is 48.0 Å². The van der Waals surface area contributed by atoms with Gasteiger partial charge in [0.25, 0.3) is 0 Å². The number of aryl methyl sites for hydroxylation is 1. The Labute approximate surface area is 292 Å². The molecule has 2 aromatic carbocycles. The summed E-state index contributed by atoms with van der Waals surface area (Å²) in [5.41, 5.74) is 4.32. The Bertz CT molecular complexity index is 1610. The summed E-state index contributed by atoms with van der Waals surface area (Å²) in [6.45, 7) is 4.96. The highest BCUT2D eigenvalue weighted by Crippen LogP contribution is 2.68. The summed E-state index contributed by atoms with van der Waals surface area (Å²) in [4.78, 5) is 25.0. The minimum absolute atomic E-state index is 0.172. The first kappa shape index (κ1) is 34.6. The van der Waals surface area contributed by atoms with E-state index in [1.165, 1.54) is 50.3 Å². The standard InChI is InChI=1S/C30H38O4.C8H10O2P4/c1-19(31)24-8-9-26-23-7-6-21-17-22(32)11-14-29(21,2)25(23)12-15-30(24,26)13-3-4-20-5-10-27-28(16-20)34-18-33-27;11-13-14-12-4-6-1-2-7-8(3-6)10-5-9-7/h5,10,16-17,23-26H,3-4,6-9,11-15,18H2,1-2H3;1-4,13-14H,5,11H2/t23-,24-,25-,26+,29-,30-;/m1./s1. The van der Waals surface area contributed by atoms with Crippen molar-refractivity contribution in [1.82, 2.24) is 0 Å². The molecular formula is C38H48O6P4. The normalized spacial score (nSPS) is 31.5. The number of fused-ring (bicyclic) bond motifs is 7. The zero-order chi connectivity index (χ0) is 33.3. The van der Waals surface area contributed by atoms with Gasteiger partial charge in [-0.2, -0.15) is 0 Å². The molecule has 9 atom stereocenters. The van der Waals surface area contributed by atoms with E-state index >= 15 is 0 Å². The number of allylic oxidation sites excluding steroid dienone is 1. The lowest BCUT2D eigenvalue weighted by atomic mass is 9.45. The SMILES string of the molecule is CC(=O)[C@H]1CC[C@H]2[C@@H]3CCC4=CC(=O)CC[C@@]4(C)[C@@H]3CC[C@]12CCCc1ccc2c(c1)OCO2.PPPP=Cc1ccc2c(c1)OCO2. The smallest absolute Gasteiger partial charge is 0.231 e. The predicted molar refractivity (Wildman–Crippen MR) is 202 cm³/mol. The lowest BCUT2D eigenvalue weighted by Crippen LogP contribution is -2.52. The van der Waals surface area contributed by atoms with Gasteiger partial charge in [0.2, 0.25) is 13.6 Å². The number of hydrogen-bond acceptors (Lipinski definition) is 6. The number of rotatable bonds is 8. The molecule has 0 spiro atoms. The molecule has 3 saturated carbocycles. The van der Waals surface area contributed by atoms with E-state index in [0.717, 1.165) is 77.4 Å². The first-order valence-corrected chi connectivity index (χ1v) is 24.2. The van der Waals surface area contributed by atoms with Gasteiger partial charge in [0.15, 0.2) is 28.8 Å². The molecule has 4 aliphatic carbocycles. The zero-order valence-corrected chi connectivity index (χ0v) is 32.1. The number of carbonyl (C=O) groups excluding carboxylic acids is 2. The number of hydrogen-bond donors (Lipinski definition) is 0. The molecule has 0 bridgehead atoms. The van der Waals surface area contributed by atoms with Crippen LogP contribution in [0.2, 0.25) is 0 Å². The molecule has 6 nitrogen and oxygen atoms in total. The highest BCUT2D eigenvalue weighted by molar-refractivity contribution is 8.56. The van der Waals surface area contributed by atoms with Crippen LogP contribution in [0.1, 0.15) is 89.2 Å². The molecule has 6 aliphatic rings. The summed E-state index contributed by atoms with van der Waals surface area (Å²) in [6, 6.07) is 12.4.